The van der Waals surface area contributed by atoms with Crippen molar-refractivity contribution in [3.63, 3.8) is 0 Å². The molecule has 1 N–H and O–H groups in total. The van der Waals surface area contributed by atoms with Crippen LogP contribution < -0.4 is 0 Å². The fourth-order valence-corrected chi connectivity index (χ4v) is 2.93. The van der Waals surface area contributed by atoms with Gasteiger partial charge in [0.1, 0.15) is 0 Å². The number of aliphatic carboxylic acids is 1. The van der Waals surface area contributed by atoms with Crippen molar-refractivity contribution in [3.8, 4) is 0 Å². The molecule has 4 heteroatoms. The molecule has 0 heterocycles. The van der Waals surface area contributed by atoms with E-state index in [1.54, 1.807) is 12.1 Å². The second-order valence-electron chi connectivity index (χ2n) is 4.71. The summed E-state index contributed by atoms with van der Waals surface area (Å²) < 4.78 is 1.07. The van der Waals surface area contributed by atoms with E-state index in [0.717, 1.165) is 16.4 Å². The predicted octanol–water partition coefficient (Wildman–Crippen LogP) is 3.36. The van der Waals surface area contributed by atoms with Crippen LogP contribution in [-0.4, -0.2) is 16.9 Å². The van der Waals surface area contributed by atoms with Crippen LogP contribution in [0.5, 0.6) is 0 Å². The summed E-state index contributed by atoms with van der Waals surface area (Å²) in [5, 5.41) is 9.20. The van der Waals surface area contributed by atoms with Crippen molar-refractivity contribution in [1.29, 1.82) is 0 Å². The smallest absolute Gasteiger partial charge is 0.307 e. The first-order chi connectivity index (χ1) is 8.59. The summed E-state index contributed by atoms with van der Waals surface area (Å²) in [5.41, 5.74) is 0.633. The van der Waals surface area contributed by atoms with Crippen LogP contribution in [0.25, 0.3) is 0 Å². The Labute approximate surface area is 120 Å². The molecule has 1 aliphatic carbocycles. The van der Waals surface area contributed by atoms with Crippen molar-refractivity contribution in [2.45, 2.75) is 25.7 Å². The van der Waals surface area contributed by atoms with E-state index in [-0.39, 0.29) is 11.7 Å². The molecule has 1 aliphatic rings. The lowest BCUT2D eigenvalue weighted by Gasteiger charge is -2.27. The molecule has 3 nitrogen and oxygen atoms in total. The van der Waals surface area contributed by atoms with E-state index in [9.17, 15) is 14.7 Å². The summed E-state index contributed by atoms with van der Waals surface area (Å²) in [7, 11) is 0. The summed E-state index contributed by atoms with van der Waals surface area (Å²) in [6, 6.07) is 7.34. The number of rotatable bonds is 3. The third kappa shape index (κ3) is 2.91. The Morgan fingerprint density at radius 2 is 1.61 bits per heavy atom. The maximum Gasteiger partial charge on any atom is 0.307 e. The monoisotopic (exact) mass is 358 g/mol. The number of halogens is 1. The van der Waals surface area contributed by atoms with Gasteiger partial charge < -0.3 is 5.11 Å². The highest BCUT2D eigenvalue weighted by Crippen LogP contribution is 2.32. The van der Waals surface area contributed by atoms with Crippen LogP contribution in [0.3, 0.4) is 0 Å². The number of carbonyl (C=O) groups is 2. The second kappa shape index (κ2) is 5.82. The van der Waals surface area contributed by atoms with Crippen molar-refractivity contribution < 1.29 is 14.7 Å². The highest BCUT2D eigenvalue weighted by Gasteiger charge is 2.35. The molecule has 0 aliphatic heterocycles. The minimum atomic E-state index is -0.835. The van der Waals surface area contributed by atoms with E-state index < -0.39 is 11.9 Å². The van der Waals surface area contributed by atoms with Gasteiger partial charge in [-0.2, -0.15) is 0 Å². The molecule has 0 unspecified atom stereocenters. The van der Waals surface area contributed by atoms with Gasteiger partial charge in [-0.3, -0.25) is 9.59 Å². The number of hydrogen-bond acceptors (Lipinski definition) is 2. The van der Waals surface area contributed by atoms with Crippen LogP contribution in [0.4, 0.5) is 0 Å². The Kier molecular flexibility index (Phi) is 4.37. The molecular weight excluding hydrogens is 343 g/mol. The number of carboxylic acids is 1. The van der Waals surface area contributed by atoms with Gasteiger partial charge in [0, 0.05) is 15.1 Å². The van der Waals surface area contributed by atoms with Gasteiger partial charge in [-0.15, -0.1) is 0 Å². The molecule has 18 heavy (non-hydrogen) atoms. The first-order valence-electron chi connectivity index (χ1n) is 6.12. The molecule has 0 bridgehead atoms. The normalized spacial score (nSPS) is 23.6. The zero-order valence-electron chi connectivity index (χ0n) is 9.93. The molecule has 1 saturated carbocycles. The van der Waals surface area contributed by atoms with E-state index in [1.165, 1.54) is 0 Å². The van der Waals surface area contributed by atoms with Crippen LogP contribution in [0.2, 0.25) is 0 Å². The van der Waals surface area contributed by atoms with Crippen LogP contribution in [0, 0.1) is 15.4 Å². The zero-order valence-corrected chi connectivity index (χ0v) is 12.1. The van der Waals surface area contributed by atoms with Gasteiger partial charge in [0.05, 0.1) is 5.92 Å². The number of ketones is 1. The van der Waals surface area contributed by atoms with E-state index in [0.29, 0.717) is 18.4 Å². The van der Waals surface area contributed by atoms with Gasteiger partial charge in [-0.05, 0) is 47.6 Å². The number of benzene rings is 1. The van der Waals surface area contributed by atoms with Gasteiger partial charge in [-0.25, -0.2) is 0 Å². The van der Waals surface area contributed by atoms with Crippen molar-refractivity contribution in [1.82, 2.24) is 0 Å². The maximum absolute atomic E-state index is 12.4. The topological polar surface area (TPSA) is 54.4 Å². The summed E-state index contributed by atoms with van der Waals surface area (Å²) in [6.45, 7) is 0. The molecule has 2 rings (SSSR count). The van der Waals surface area contributed by atoms with Crippen LogP contribution >= 0.6 is 22.6 Å². The van der Waals surface area contributed by atoms with Gasteiger partial charge in [0.25, 0.3) is 0 Å². The molecule has 0 spiro atoms. The lowest BCUT2D eigenvalue weighted by atomic mass is 9.75. The van der Waals surface area contributed by atoms with Gasteiger partial charge in [0.15, 0.2) is 5.78 Å². The molecule has 0 saturated heterocycles. The van der Waals surface area contributed by atoms with E-state index >= 15 is 0 Å². The van der Waals surface area contributed by atoms with Crippen LogP contribution in [-0.2, 0) is 4.79 Å². The van der Waals surface area contributed by atoms with Gasteiger partial charge >= 0.3 is 5.97 Å². The molecule has 0 amide bonds. The Morgan fingerprint density at radius 3 is 2.17 bits per heavy atom. The van der Waals surface area contributed by atoms with E-state index in [1.807, 2.05) is 12.1 Å². The van der Waals surface area contributed by atoms with Crippen LogP contribution in [0.15, 0.2) is 24.3 Å². The van der Waals surface area contributed by atoms with Gasteiger partial charge in [0.2, 0.25) is 0 Å². The molecule has 1 fully saturated rings. The summed E-state index contributed by atoms with van der Waals surface area (Å²) >= 11 is 2.18. The molecule has 1 aromatic carbocycles. The predicted molar refractivity (Wildman–Crippen MR) is 76.6 cm³/mol. The van der Waals surface area contributed by atoms with Crippen molar-refractivity contribution in [2.75, 3.05) is 0 Å². The first kappa shape index (κ1) is 13.5. The minimum absolute atomic E-state index is 0.0153. The van der Waals surface area contributed by atoms with Crippen molar-refractivity contribution >= 4 is 34.3 Å². The fraction of sp³-hybridized carbons (Fsp3) is 0.429. The molecule has 0 aromatic heterocycles. The third-order valence-electron chi connectivity index (χ3n) is 3.55. The summed E-state index contributed by atoms with van der Waals surface area (Å²) in [4.78, 5) is 23.6. The lowest BCUT2D eigenvalue weighted by molar-refractivity contribution is -0.144. The van der Waals surface area contributed by atoms with E-state index in [4.69, 9.17) is 0 Å². The maximum atomic E-state index is 12.4. The van der Waals surface area contributed by atoms with Gasteiger partial charge in [-0.1, -0.05) is 25.0 Å². The largest absolute Gasteiger partial charge is 0.481 e. The molecule has 0 radical (unpaired) electrons. The third-order valence-corrected chi connectivity index (χ3v) is 4.27. The van der Waals surface area contributed by atoms with E-state index in [2.05, 4.69) is 22.6 Å². The van der Waals surface area contributed by atoms with Crippen molar-refractivity contribution in [3.05, 3.63) is 33.4 Å². The SMILES string of the molecule is O=C(O)[C@@H]1CCCC[C@H]1C(=O)c1ccc(I)cc1. The number of carbonyl (C=O) groups excluding carboxylic acids is 1. The quantitative estimate of drug-likeness (QED) is 0.666. The molecule has 1 aromatic rings. The highest BCUT2D eigenvalue weighted by molar-refractivity contribution is 14.1. The highest BCUT2D eigenvalue weighted by atomic mass is 127. The standard InChI is InChI=1S/C14H15IO3/c15-10-7-5-9(6-8-10)13(16)11-3-1-2-4-12(11)14(17)18/h5-8,11-12H,1-4H2,(H,17,18)/t11-,12-/m1/s1. The Bertz CT molecular complexity index is 453. The molecule has 2 atom stereocenters. The summed E-state index contributed by atoms with van der Waals surface area (Å²) in [5.74, 6) is -1.71. The Hall–Kier alpha value is -0.910. The second-order valence-corrected chi connectivity index (χ2v) is 5.95. The fourth-order valence-electron chi connectivity index (χ4n) is 2.57. The number of Topliss-reactive ketones (excluding diaryl/α,β-unsaturated/α-hetero) is 1. The lowest BCUT2D eigenvalue weighted by Crippen LogP contribution is -2.32. The molecular formula is C14H15IO3. The average molecular weight is 358 g/mol. The van der Waals surface area contributed by atoms with Crippen molar-refractivity contribution in [2.24, 2.45) is 11.8 Å². The average Bonchev–Trinajstić information content (AvgIpc) is 2.39. The minimum Gasteiger partial charge on any atom is -0.481 e. The van der Waals surface area contributed by atoms with Crippen LogP contribution in [0.1, 0.15) is 36.0 Å². The summed E-state index contributed by atoms with van der Waals surface area (Å²) in [6.07, 6.45) is 3.18. The first-order valence-corrected chi connectivity index (χ1v) is 7.20. The Balaban J connectivity index is 2.20. The zero-order chi connectivity index (χ0) is 13.1. The number of carboxylic acid groups (broad SMARTS) is 1. The number of hydrogen-bond donors (Lipinski definition) is 1. The molecule has 96 valence electrons. The Morgan fingerprint density at radius 1 is 1.06 bits per heavy atom.